The molecular weight excluding hydrogens is 306 g/mol. The van der Waals surface area contributed by atoms with Gasteiger partial charge in [0, 0.05) is 18.4 Å². The van der Waals surface area contributed by atoms with E-state index in [1.807, 2.05) is 28.1 Å². The SMILES string of the molecule is CCn1c(CN)nnc1SCc1cc(-c2cccs2)on1. The third-order valence-corrected chi connectivity index (χ3v) is 4.85. The third kappa shape index (κ3) is 3.02. The van der Waals surface area contributed by atoms with Crippen LogP contribution >= 0.6 is 23.1 Å². The van der Waals surface area contributed by atoms with E-state index in [2.05, 4.69) is 22.3 Å². The predicted molar refractivity (Wildman–Crippen MR) is 83.0 cm³/mol. The monoisotopic (exact) mass is 321 g/mol. The van der Waals surface area contributed by atoms with Crippen molar-refractivity contribution < 1.29 is 4.52 Å². The highest BCUT2D eigenvalue weighted by Crippen LogP contribution is 2.27. The molecule has 0 aliphatic heterocycles. The van der Waals surface area contributed by atoms with Gasteiger partial charge in [-0.2, -0.15) is 0 Å². The minimum atomic E-state index is 0.397. The van der Waals surface area contributed by atoms with E-state index in [0.29, 0.717) is 12.3 Å². The van der Waals surface area contributed by atoms with E-state index in [0.717, 1.165) is 33.9 Å². The van der Waals surface area contributed by atoms with E-state index >= 15 is 0 Å². The van der Waals surface area contributed by atoms with Crippen LogP contribution in [0.3, 0.4) is 0 Å². The van der Waals surface area contributed by atoms with Gasteiger partial charge in [-0.25, -0.2) is 0 Å². The van der Waals surface area contributed by atoms with Crippen molar-refractivity contribution in [3.05, 3.63) is 35.1 Å². The molecule has 110 valence electrons. The van der Waals surface area contributed by atoms with Crippen LogP contribution in [0.5, 0.6) is 0 Å². The number of thioether (sulfide) groups is 1. The Morgan fingerprint density at radius 2 is 2.33 bits per heavy atom. The lowest BCUT2D eigenvalue weighted by molar-refractivity contribution is 0.427. The van der Waals surface area contributed by atoms with Gasteiger partial charge in [-0.05, 0) is 18.4 Å². The highest BCUT2D eigenvalue weighted by Gasteiger charge is 2.12. The Kier molecular flexibility index (Phi) is 4.37. The minimum absolute atomic E-state index is 0.397. The summed E-state index contributed by atoms with van der Waals surface area (Å²) in [4.78, 5) is 1.08. The zero-order chi connectivity index (χ0) is 14.7. The average Bonchev–Trinajstić information content (AvgIpc) is 3.23. The summed E-state index contributed by atoms with van der Waals surface area (Å²) >= 11 is 3.22. The van der Waals surface area contributed by atoms with E-state index in [9.17, 15) is 0 Å². The minimum Gasteiger partial charge on any atom is -0.355 e. The number of aromatic nitrogens is 4. The molecule has 8 heteroatoms. The molecule has 0 aliphatic rings. The summed E-state index contributed by atoms with van der Waals surface area (Å²) in [7, 11) is 0. The second-order valence-electron chi connectivity index (χ2n) is 4.30. The van der Waals surface area contributed by atoms with Gasteiger partial charge in [-0.15, -0.1) is 21.5 Å². The smallest absolute Gasteiger partial charge is 0.191 e. The molecule has 0 saturated heterocycles. The fourth-order valence-electron chi connectivity index (χ4n) is 1.95. The molecule has 3 heterocycles. The Labute approximate surface area is 130 Å². The van der Waals surface area contributed by atoms with Gasteiger partial charge in [-0.1, -0.05) is 23.0 Å². The normalized spacial score (nSPS) is 11.1. The van der Waals surface area contributed by atoms with Gasteiger partial charge in [0.2, 0.25) is 0 Å². The molecule has 0 fully saturated rings. The first-order valence-electron chi connectivity index (χ1n) is 6.56. The van der Waals surface area contributed by atoms with Gasteiger partial charge >= 0.3 is 0 Å². The maximum Gasteiger partial charge on any atom is 0.191 e. The first-order chi connectivity index (χ1) is 10.3. The van der Waals surface area contributed by atoms with Crippen LogP contribution in [0.15, 0.2) is 33.3 Å². The molecule has 6 nitrogen and oxygen atoms in total. The highest BCUT2D eigenvalue weighted by atomic mass is 32.2. The fraction of sp³-hybridized carbons (Fsp3) is 0.308. The zero-order valence-corrected chi connectivity index (χ0v) is 13.2. The van der Waals surface area contributed by atoms with Gasteiger partial charge < -0.3 is 14.8 Å². The molecular formula is C13H15N5OS2. The summed E-state index contributed by atoms with van der Waals surface area (Å²) in [5.74, 6) is 2.30. The number of hydrogen-bond donors (Lipinski definition) is 1. The highest BCUT2D eigenvalue weighted by molar-refractivity contribution is 7.98. The molecule has 0 aliphatic carbocycles. The predicted octanol–water partition coefficient (Wildman–Crippen LogP) is 2.77. The van der Waals surface area contributed by atoms with E-state index in [1.54, 1.807) is 23.1 Å². The molecule has 0 unspecified atom stereocenters. The second-order valence-corrected chi connectivity index (χ2v) is 6.19. The molecule has 0 radical (unpaired) electrons. The molecule has 2 N–H and O–H groups in total. The lowest BCUT2D eigenvalue weighted by Gasteiger charge is -2.04. The van der Waals surface area contributed by atoms with Crippen LogP contribution in [0, 0.1) is 0 Å². The molecule has 0 saturated carbocycles. The van der Waals surface area contributed by atoms with Crippen molar-refractivity contribution in [1.29, 1.82) is 0 Å². The number of thiophene rings is 1. The van der Waals surface area contributed by atoms with Gasteiger partial charge in [0.05, 0.1) is 17.1 Å². The number of nitrogens with two attached hydrogens (primary N) is 1. The van der Waals surface area contributed by atoms with Crippen molar-refractivity contribution in [1.82, 2.24) is 19.9 Å². The van der Waals surface area contributed by atoms with Crippen LogP contribution in [0.1, 0.15) is 18.4 Å². The zero-order valence-electron chi connectivity index (χ0n) is 11.5. The largest absolute Gasteiger partial charge is 0.355 e. The molecule has 0 aromatic carbocycles. The Morgan fingerprint density at radius 1 is 1.43 bits per heavy atom. The van der Waals surface area contributed by atoms with E-state index in [1.165, 1.54) is 0 Å². The first kappa shape index (κ1) is 14.3. The quantitative estimate of drug-likeness (QED) is 0.703. The maximum atomic E-state index is 5.65. The summed E-state index contributed by atoms with van der Waals surface area (Å²) in [6, 6.07) is 5.98. The van der Waals surface area contributed by atoms with Crippen molar-refractivity contribution in [3.63, 3.8) is 0 Å². The van der Waals surface area contributed by atoms with E-state index < -0.39 is 0 Å². The first-order valence-corrected chi connectivity index (χ1v) is 8.42. The molecule has 3 rings (SSSR count). The molecule has 0 spiro atoms. The van der Waals surface area contributed by atoms with E-state index in [4.69, 9.17) is 10.3 Å². The van der Waals surface area contributed by atoms with Crippen molar-refractivity contribution in [2.24, 2.45) is 5.73 Å². The van der Waals surface area contributed by atoms with Crippen molar-refractivity contribution in [2.75, 3.05) is 0 Å². The summed E-state index contributed by atoms with van der Waals surface area (Å²) in [5.41, 5.74) is 6.54. The van der Waals surface area contributed by atoms with Crippen LogP contribution in [0.25, 0.3) is 10.6 Å². The van der Waals surface area contributed by atoms with Crippen molar-refractivity contribution >= 4 is 23.1 Å². The summed E-state index contributed by atoms with van der Waals surface area (Å²) in [6.45, 7) is 3.26. The number of nitrogens with zero attached hydrogens (tertiary/aromatic N) is 4. The van der Waals surface area contributed by atoms with Crippen LogP contribution < -0.4 is 5.73 Å². The Hall–Kier alpha value is -1.64. The second kappa shape index (κ2) is 6.42. The summed E-state index contributed by atoms with van der Waals surface area (Å²) in [5, 5.41) is 15.2. The lowest BCUT2D eigenvalue weighted by atomic mass is 10.3. The van der Waals surface area contributed by atoms with Gasteiger partial charge in [-0.3, -0.25) is 0 Å². The Morgan fingerprint density at radius 3 is 3.05 bits per heavy atom. The topological polar surface area (TPSA) is 82.8 Å². The molecule has 3 aromatic rings. The summed E-state index contributed by atoms with van der Waals surface area (Å²) < 4.78 is 7.38. The third-order valence-electron chi connectivity index (χ3n) is 2.96. The van der Waals surface area contributed by atoms with Crippen molar-refractivity contribution in [3.8, 4) is 10.6 Å². The summed E-state index contributed by atoms with van der Waals surface area (Å²) in [6.07, 6.45) is 0. The van der Waals surface area contributed by atoms with Crippen LogP contribution in [0.4, 0.5) is 0 Å². The fourth-order valence-corrected chi connectivity index (χ4v) is 3.52. The number of hydrogen-bond acceptors (Lipinski definition) is 7. The molecule has 0 atom stereocenters. The molecule has 0 amide bonds. The lowest BCUT2D eigenvalue weighted by Crippen LogP contribution is -2.08. The number of rotatable bonds is 6. The average molecular weight is 321 g/mol. The molecule has 21 heavy (non-hydrogen) atoms. The van der Waals surface area contributed by atoms with E-state index in [-0.39, 0.29) is 0 Å². The van der Waals surface area contributed by atoms with Gasteiger partial charge in [0.25, 0.3) is 0 Å². The van der Waals surface area contributed by atoms with Crippen LogP contribution in [0.2, 0.25) is 0 Å². The standard InChI is InChI=1S/C13H15N5OS2/c1-2-18-12(7-14)15-16-13(18)21-8-9-6-10(19-17-9)11-4-3-5-20-11/h3-6H,2,7-8,14H2,1H3. The molecule has 0 bridgehead atoms. The van der Waals surface area contributed by atoms with Crippen LogP contribution in [-0.4, -0.2) is 19.9 Å². The van der Waals surface area contributed by atoms with Gasteiger partial charge in [0.15, 0.2) is 10.9 Å². The Bertz CT molecular complexity index is 704. The van der Waals surface area contributed by atoms with Crippen molar-refractivity contribution in [2.45, 2.75) is 30.9 Å². The maximum absolute atomic E-state index is 5.65. The Balaban J connectivity index is 1.69. The molecule has 3 aromatic heterocycles. The van der Waals surface area contributed by atoms with Gasteiger partial charge in [0.1, 0.15) is 5.82 Å². The van der Waals surface area contributed by atoms with Crippen LogP contribution in [-0.2, 0) is 18.8 Å².